The summed E-state index contributed by atoms with van der Waals surface area (Å²) in [6.07, 6.45) is 3.06. The molecule has 7 nitrogen and oxygen atoms in total. The quantitative estimate of drug-likeness (QED) is 0.843. The van der Waals surface area contributed by atoms with E-state index in [-0.39, 0.29) is 24.3 Å². The SMILES string of the molecule is CNC(=O)[C@@H]1CC[C@](C)(C(=O)NCc2cc(-c3ccccn3)no2)C1(C)C. The number of hydrogen-bond acceptors (Lipinski definition) is 5. The maximum atomic E-state index is 13.0. The van der Waals surface area contributed by atoms with E-state index in [1.165, 1.54) is 0 Å². The smallest absolute Gasteiger partial charge is 0.226 e. The van der Waals surface area contributed by atoms with Gasteiger partial charge >= 0.3 is 0 Å². The highest BCUT2D eigenvalue weighted by molar-refractivity contribution is 5.87. The topological polar surface area (TPSA) is 97.1 Å². The van der Waals surface area contributed by atoms with Crippen molar-refractivity contribution in [3.05, 3.63) is 36.2 Å². The third-order valence-electron chi connectivity index (χ3n) is 6.20. The molecular formula is C20H26N4O3. The van der Waals surface area contributed by atoms with Crippen LogP contribution in [0.15, 0.2) is 35.0 Å². The lowest BCUT2D eigenvalue weighted by atomic mass is 9.65. The molecule has 27 heavy (non-hydrogen) atoms. The highest BCUT2D eigenvalue weighted by atomic mass is 16.5. The van der Waals surface area contributed by atoms with Crippen molar-refractivity contribution in [2.45, 2.75) is 40.2 Å². The van der Waals surface area contributed by atoms with Crippen LogP contribution in [0, 0.1) is 16.7 Å². The molecule has 0 spiro atoms. The van der Waals surface area contributed by atoms with Crippen LogP contribution in [-0.2, 0) is 16.1 Å². The molecule has 0 aliphatic heterocycles. The average molecular weight is 370 g/mol. The molecule has 0 bridgehead atoms. The molecule has 1 saturated carbocycles. The van der Waals surface area contributed by atoms with Gasteiger partial charge in [0.2, 0.25) is 11.8 Å². The highest BCUT2D eigenvalue weighted by Crippen LogP contribution is 2.56. The summed E-state index contributed by atoms with van der Waals surface area (Å²) >= 11 is 0. The van der Waals surface area contributed by atoms with Crippen molar-refractivity contribution in [1.29, 1.82) is 0 Å². The van der Waals surface area contributed by atoms with E-state index >= 15 is 0 Å². The zero-order chi connectivity index (χ0) is 19.7. The Kier molecular flexibility index (Phi) is 5.04. The molecule has 3 rings (SSSR count). The molecule has 0 unspecified atom stereocenters. The van der Waals surface area contributed by atoms with E-state index in [2.05, 4.69) is 20.8 Å². The lowest BCUT2D eigenvalue weighted by Gasteiger charge is -2.39. The first-order chi connectivity index (χ1) is 12.8. The predicted octanol–water partition coefficient (Wildman–Crippen LogP) is 2.54. The van der Waals surface area contributed by atoms with Crippen LogP contribution in [0.3, 0.4) is 0 Å². The van der Waals surface area contributed by atoms with Crippen LogP contribution in [0.25, 0.3) is 11.4 Å². The summed E-state index contributed by atoms with van der Waals surface area (Å²) in [5, 5.41) is 9.68. The number of amides is 2. The van der Waals surface area contributed by atoms with Crippen LogP contribution in [0.4, 0.5) is 0 Å². The van der Waals surface area contributed by atoms with E-state index < -0.39 is 10.8 Å². The summed E-state index contributed by atoms with van der Waals surface area (Å²) < 4.78 is 5.32. The van der Waals surface area contributed by atoms with Crippen molar-refractivity contribution in [3.8, 4) is 11.4 Å². The molecule has 1 fully saturated rings. The van der Waals surface area contributed by atoms with Gasteiger partial charge in [-0.25, -0.2) is 0 Å². The zero-order valence-corrected chi connectivity index (χ0v) is 16.2. The van der Waals surface area contributed by atoms with Gasteiger partial charge in [-0.15, -0.1) is 0 Å². The van der Waals surface area contributed by atoms with Crippen LogP contribution < -0.4 is 10.6 Å². The van der Waals surface area contributed by atoms with Gasteiger partial charge in [0.1, 0.15) is 5.69 Å². The molecule has 144 valence electrons. The maximum Gasteiger partial charge on any atom is 0.226 e. The normalized spacial score (nSPS) is 23.8. The number of nitrogens with one attached hydrogen (secondary N) is 2. The third kappa shape index (κ3) is 3.34. The van der Waals surface area contributed by atoms with Gasteiger partial charge in [0.25, 0.3) is 0 Å². The van der Waals surface area contributed by atoms with Crippen molar-refractivity contribution in [2.24, 2.45) is 16.7 Å². The van der Waals surface area contributed by atoms with Crippen LogP contribution >= 0.6 is 0 Å². The molecule has 0 aromatic carbocycles. The molecule has 2 heterocycles. The maximum absolute atomic E-state index is 13.0. The van der Waals surface area contributed by atoms with Crippen molar-refractivity contribution in [1.82, 2.24) is 20.8 Å². The van der Waals surface area contributed by atoms with Crippen molar-refractivity contribution in [2.75, 3.05) is 7.05 Å². The number of pyridine rings is 1. The minimum atomic E-state index is -0.631. The molecular weight excluding hydrogens is 344 g/mol. The molecule has 2 aromatic heterocycles. The average Bonchev–Trinajstić information content (AvgIpc) is 3.23. The number of hydrogen-bond donors (Lipinski definition) is 2. The summed E-state index contributed by atoms with van der Waals surface area (Å²) in [7, 11) is 1.64. The van der Waals surface area contributed by atoms with Crippen LogP contribution in [-0.4, -0.2) is 29.0 Å². The van der Waals surface area contributed by atoms with Crippen LogP contribution in [0.1, 0.15) is 39.4 Å². The first kappa shape index (κ1) is 19.1. The van der Waals surface area contributed by atoms with E-state index in [0.717, 1.165) is 5.69 Å². The van der Waals surface area contributed by atoms with Crippen molar-refractivity contribution in [3.63, 3.8) is 0 Å². The second-order valence-corrected chi connectivity index (χ2v) is 7.84. The first-order valence-corrected chi connectivity index (χ1v) is 9.16. The zero-order valence-electron chi connectivity index (χ0n) is 16.2. The highest BCUT2D eigenvalue weighted by Gasteiger charge is 2.57. The summed E-state index contributed by atoms with van der Waals surface area (Å²) in [6.45, 7) is 6.17. The molecule has 2 N–H and O–H groups in total. The Morgan fingerprint density at radius 3 is 2.70 bits per heavy atom. The van der Waals surface area contributed by atoms with E-state index in [9.17, 15) is 9.59 Å². The van der Waals surface area contributed by atoms with Gasteiger partial charge in [0, 0.05) is 25.2 Å². The Bertz CT molecular complexity index is 831. The summed E-state index contributed by atoms with van der Waals surface area (Å²) in [5.74, 6) is 0.298. The fourth-order valence-electron chi connectivity index (χ4n) is 3.93. The molecule has 2 aromatic rings. The number of rotatable bonds is 5. The second kappa shape index (κ2) is 7.13. The fraction of sp³-hybridized carbons (Fsp3) is 0.500. The van der Waals surface area contributed by atoms with E-state index in [0.29, 0.717) is 24.3 Å². The summed E-state index contributed by atoms with van der Waals surface area (Å²) in [5.41, 5.74) is 0.272. The molecule has 1 aliphatic rings. The Morgan fingerprint density at radius 1 is 1.26 bits per heavy atom. The molecule has 0 radical (unpaired) electrons. The monoisotopic (exact) mass is 370 g/mol. The Balaban J connectivity index is 1.67. The predicted molar refractivity (Wildman–Crippen MR) is 100 cm³/mol. The summed E-state index contributed by atoms with van der Waals surface area (Å²) in [4.78, 5) is 29.4. The van der Waals surface area contributed by atoms with Gasteiger partial charge in [-0.05, 0) is 30.4 Å². The lowest BCUT2D eigenvalue weighted by Crippen LogP contribution is -2.49. The van der Waals surface area contributed by atoms with Gasteiger partial charge in [0.05, 0.1) is 17.7 Å². The fourth-order valence-corrected chi connectivity index (χ4v) is 3.93. The van der Waals surface area contributed by atoms with Crippen LogP contribution in [0.5, 0.6) is 0 Å². The van der Waals surface area contributed by atoms with Gasteiger partial charge < -0.3 is 15.2 Å². The van der Waals surface area contributed by atoms with Gasteiger partial charge in [-0.1, -0.05) is 32.0 Å². The standard InChI is InChI=1S/C20H26N4O3/c1-19(2)14(17(25)21-4)8-9-20(19,3)18(26)23-12-13-11-16(24-27-13)15-7-5-6-10-22-15/h5-7,10-11,14H,8-9,12H2,1-4H3,(H,21,25)(H,23,26)/t14-,20+/m0/s1. The van der Waals surface area contributed by atoms with Crippen molar-refractivity contribution >= 4 is 11.8 Å². The minimum absolute atomic E-state index is 0.00763. The van der Waals surface area contributed by atoms with E-state index in [4.69, 9.17) is 4.52 Å². The molecule has 7 heteroatoms. The van der Waals surface area contributed by atoms with Crippen molar-refractivity contribution < 1.29 is 14.1 Å². The van der Waals surface area contributed by atoms with Gasteiger partial charge in [-0.3, -0.25) is 14.6 Å². The van der Waals surface area contributed by atoms with Crippen LogP contribution in [0.2, 0.25) is 0 Å². The largest absolute Gasteiger partial charge is 0.359 e. The molecule has 2 atom stereocenters. The van der Waals surface area contributed by atoms with Gasteiger partial charge in [-0.2, -0.15) is 0 Å². The number of aromatic nitrogens is 2. The number of carbonyl (C=O) groups is 2. The molecule has 2 amide bonds. The Labute approximate surface area is 158 Å². The van der Waals surface area contributed by atoms with E-state index in [1.807, 2.05) is 39.0 Å². The Morgan fingerprint density at radius 2 is 2.04 bits per heavy atom. The lowest BCUT2D eigenvalue weighted by molar-refractivity contribution is -0.139. The second-order valence-electron chi connectivity index (χ2n) is 7.84. The number of carbonyl (C=O) groups excluding carboxylic acids is 2. The molecule has 0 saturated heterocycles. The van der Waals surface area contributed by atoms with Gasteiger partial charge in [0.15, 0.2) is 5.76 Å². The summed E-state index contributed by atoms with van der Waals surface area (Å²) in [6, 6.07) is 7.34. The third-order valence-corrected chi connectivity index (χ3v) is 6.20. The minimum Gasteiger partial charge on any atom is -0.359 e. The number of nitrogens with zero attached hydrogens (tertiary/aromatic N) is 2. The first-order valence-electron chi connectivity index (χ1n) is 9.16. The molecule has 1 aliphatic carbocycles. The Hall–Kier alpha value is -2.70. The van der Waals surface area contributed by atoms with E-state index in [1.54, 1.807) is 19.3 Å².